The number of rotatable bonds is 5. The van der Waals surface area contributed by atoms with Crippen LogP contribution in [0, 0.1) is 11.6 Å². The van der Waals surface area contributed by atoms with Gasteiger partial charge in [-0.25, -0.2) is 18.2 Å². The van der Waals surface area contributed by atoms with E-state index in [9.17, 15) is 13.2 Å². The van der Waals surface area contributed by atoms with Crippen molar-refractivity contribution in [1.29, 1.82) is 0 Å². The highest BCUT2D eigenvalue weighted by Crippen LogP contribution is 2.40. The zero-order chi connectivity index (χ0) is 21.5. The van der Waals surface area contributed by atoms with Gasteiger partial charge in [-0.3, -0.25) is 10.5 Å². The van der Waals surface area contributed by atoms with Crippen molar-refractivity contribution < 1.29 is 22.6 Å². The lowest BCUT2D eigenvalue weighted by atomic mass is 10.0. The van der Waals surface area contributed by atoms with Crippen molar-refractivity contribution in [2.45, 2.75) is 24.9 Å². The monoisotopic (exact) mass is 432 g/mol. The molecule has 1 saturated heterocycles. The van der Waals surface area contributed by atoms with Crippen LogP contribution in [-0.2, 0) is 9.47 Å². The molecule has 162 valence electrons. The van der Waals surface area contributed by atoms with Gasteiger partial charge < -0.3 is 14.4 Å². The molecule has 2 aliphatic rings. The van der Waals surface area contributed by atoms with Crippen molar-refractivity contribution in [2.75, 3.05) is 25.2 Å². The third-order valence-electron chi connectivity index (χ3n) is 5.39. The number of halogens is 3. The number of nitrogens with one attached hydrogen (secondary N) is 2. The Morgan fingerprint density at radius 2 is 2.16 bits per heavy atom. The Morgan fingerprint density at radius 1 is 1.29 bits per heavy atom. The molecule has 2 aromatic heterocycles. The van der Waals surface area contributed by atoms with Gasteiger partial charge in [-0.05, 0) is 24.3 Å². The zero-order valence-electron chi connectivity index (χ0n) is 16.5. The summed E-state index contributed by atoms with van der Waals surface area (Å²) in [6.45, 7) is 0.229. The number of hydrogen-bond donors (Lipinski definition) is 2. The Labute approximate surface area is 175 Å². The molecule has 0 saturated carbocycles. The summed E-state index contributed by atoms with van der Waals surface area (Å²) in [5.74, 6) is -0.350. The number of methoxy groups -OCH3 is 1. The topological polar surface area (TPSA) is 87.7 Å². The SMILES string of the molecule is COCC1=NNC(c2cnc3[nH]nc(N4C[C@@H](F)C[C@@H]4c4cc(F)ccc4F)c3c2)O1. The lowest BCUT2D eigenvalue weighted by Crippen LogP contribution is -2.25. The van der Waals surface area contributed by atoms with Gasteiger partial charge in [0.25, 0.3) is 0 Å². The minimum absolute atomic E-state index is 0.00405. The largest absolute Gasteiger partial charge is 0.448 e. The lowest BCUT2D eigenvalue weighted by Gasteiger charge is -2.25. The summed E-state index contributed by atoms with van der Waals surface area (Å²) >= 11 is 0. The van der Waals surface area contributed by atoms with E-state index in [-0.39, 0.29) is 25.1 Å². The number of benzene rings is 1. The minimum Gasteiger partial charge on any atom is -0.448 e. The van der Waals surface area contributed by atoms with Gasteiger partial charge in [-0.2, -0.15) is 5.10 Å². The molecule has 4 heterocycles. The van der Waals surface area contributed by atoms with Crippen LogP contribution in [0.25, 0.3) is 11.0 Å². The second kappa shape index (κ2) is 7.73. The fraction of sp³-hybridized carbons (Fsp3) is 0.350. The highest BCUT2D eigenvalue weighted by atomic mass is 19.1. The zero-order valence-corrected chi connectivity index (χ0v) is 16.5. The predicted octanol–water partition coefficient (Wildman–Crippen LogP) is 3.10. The summed E-state index contributed by atoms with van der Waals surface area (Å²) in [5.41, 5.74) is 4.11. The molecule has 1 unspecified atom stereocenters. The van der Waals surface area contributed by atoms with Gasteiger partial charge in [-0.15, -0.1) is 5.10 Å². The standard InChI is InChI=1S/C20H19F3N6O2/c1-30-9-17-25-28-20(31-17)10-4-14-18(24-7-10)26-27-19(14)29-8-12(22)6-16(29)13-5-11(21)2-3-15(13)23/h2-5,7,12,16,20,28H,6,8-9H2,1H3,(H,24,26,27)/t12-,16+,20?/m0/s1. The molecule has 8 nitrogen and oxygen atoms in total. The van der Waals surface area contributed by atoms with Crippen LogP contribution in [0.5, 0.6) is 0 Å². The average Bonchev–Trinajstić information content (AvgIpc) is 3.47. The van der Waals surface area contributed by atoms with Gasteiger partial charge >= 0.3 is 0 Å². The molecule has 0 radical (unpaired) electrons. The number of nitrogens with zero attached hydrogens (tertiary/aromatic N) is 4. The second-order valence-corrected chi connectivity index (χ2v) is 7.44. The van der Waals surface area contributed by atoms with Gasteiger partial charge in [-0.1, -0.05) is 0 Å². The molecule has 1 aromatic carbocycles. The third kappa shape index (κ3) is 3.54. The fourth-order valence-corrected chi connectivity index (χ4v) is 4.00. The number of anilines is 1. The Bertz CT molecular complexity index is 1150. The number of aromatic nitrogens is 3. The van der Waals surface area contributed by atoms with Crippen LogP contribution in [0.2, 0.25) is 0 Å². The van der Waals surface area contributed by atoms with Crippen LogP contribution in [0.1, 0.15) is 29.8 Å². The quantitative estimate of drug-likeness (QED) is 0.644. The first kappa shape index (κ1) is 19.6. The smallest absolute Gasteiger partial charge is 0.234 e. The number of alkyl halides is 1. The van der Waals surface area contributed by atoms with Crippen LogP contribution >= 0.6 is 0 Å². The maximum absolute atomic E-state index is 14.4. The van der Waals surface area contributed by atoms with Crippen LogP contribution in [0.4, 0.5) is 19.0 Å². The maximum Gasteiger partial charge on any atom is 0.234 e. The normalized spacial score (nSPS) is 23.2. The van der Waals surface area contributed by atoms with E-state index in [1.807, 2.05) is 0 Å². The van der Waals surface area contributed by atoms with Crippen molar-refractivity contribution >= 4 is 22.7 Å². The molecule has 2 aliphatic heterocycles. The van der Waals surface area contributed by atoms with Gasteiger partial charge in [0.2, 0.25) is 12.1 Å². The van der Waals surface area contributed by atoms with E-state index in [1.54, 1.807) is 17.2 Å². The van der Waals surface area contributed by atoms with Crippen molar-refractivity contribution in [3.05, 3.63) is 53.2 Å². The minimum atomic E-state index is -1.21. The molecule has 0 spiro atoms. The number of hydrazone groups is 1. The van der Waals surface area contributed by atoms with Crippen LogP contribution in [0.3, 0.4) is 0 Å². The summed E-state index contributed by atoms with van der Waals surface area (Å²) < 4.78 is 53.3. The summed E-state index contributed by atoms with van der Waals surface area (Å²) in [4.78, 5) is 6.00. The molecule has 3 atom stereocenters. The second-order valence-electron chi connectivity index (χ2n) is 7.44. The molecule has 31 heavy (non-hydrogen) atoms. The Hall–Kier alpha value is -3.34. The number of pyridine rings is 1. The molecule has 1 fully saturated rings. The molecule has 0 aliphatic carbocycles. The first-order valence-electron chi connectivity index (χ1n) is 9.71. The summed E-state index contributed by atoms with van der Waals surface area (Å²) in [7, 11) is 1.54. The van der Waals surface area contributed by atoms with Gasteiger partial charge in [0.05, 0.1) is 18.0 Å². The van der Waals surface area contributed by atoms with E-state index >= 15 is 0 Å². The van der Waals surface area contributed by atoms with E-state index < -0.39 is 30.1 Å². The summed E-state index contributed by atoms with van der Waals surface area (Å²) in [6.07, 6.45) is -0.128. The number of H-pyrrole nitrogens is 1. The highest BCUT2D eigenvalue weighted by molar-refractivity contribution is 5.88. The lowest BCUT2D eigenvalue weighted by molar-refractivity contribution is 0.159. The van der Waals surface area contributed by atoms with Crippen molar-refractivity contribution in [1.82, 2.24) is 20.6 Å². The first-order chi connectivity index (χ1) is 15.0. The summed E-state index contributed by atoms with van der Waals surface area (Å²) in [6, 6.07) is 4.30. The van der Waals surface area contributed by atoms with E-state index in [2.05, 4.69) is 25.7 Å². The van der Waals surface area contributed by atoms with Crippen molar-refractivity contribution in [2.24, 2.45) is 5.10 Å². The maximum atomic E-state index is 14.4. The van der Waals surface area contributed by atoms with Crippen molar-refractivity contribution in [3.63, 3.8) is 0 Å². The van der Waals surface area contributed by atoms with Gasteiger partial charge in [0.1, 0.15) is 24.4 Å². The molecule has 2 N–H and O–H groups in total. The van der Waals surface area contributed by atoms with Gasteiger partial charge in [0.15, 0.2) is 11.5 Å². The third-order valence-corrected chi connectivity index (χ3v) is 5.39. The van der Waals surface area contributed by atoms with E-state index in [4.69, 9.17) is 9.47 Å². The van der Waals surface area contributed by atoms with Gasteiger partial charge in [0, 0.05) is 30.9 Å². The van der Waals surface area contributed by atoms with Crippen LogP contribution < -0.4 is 10.3 Å². The molecule has 11 heteroatoms. The summed E-state index contributed by atoms with van der Waals surface area (Å²) in [5, 5.41) is 11.8. The molecule has 0 bridgehead atoms. The molecular formula is C20H19F3N6O2. The number of fused-ring (bicyclic) bond motifs is 1. The predicted molar refractivity (Wildman–Crippen MR) is 106 cm³/mol. The number of ether oxygens (including phenoxy) is 2. The van der Waals surface area contributed by atoms with E-state index in [0.717, 1.165) is 18.2 Å². The Kier molecular flexibility index (Phi) is 4.89. The molecular weight excluding hydrogens is 413 g/mol. The molecule has 0 amide bonds. The van der Waals surface area contributed by atoms with Crippen LogP contribution in [0.15, 0.2) is 35.6 Å². The van der Waals surface area contributed by atoms with Crippen molar-refractivity contribution in [3.8, 4) is 0 Å². The number of aromatic amines is 1. The molecule has 3 aromatic rings. The number of hydrogen-bond acceptors (Lipinski definition) is 7. The van der Waals surface area contributed by atoms with E-state index in [0.29, 0.717) is 28.3 Å². The fourth-order valence-electron chi connectivity index (χ4n) is 4.00. The highest BCUT2D eigenvalue weighted by Gasteiger charge is 2.37. The van der Waals surface area contributed by atoms with Crippen LogP contribution in [-0.4, -0.2) is 47.5 Å². The first-order valence-corrected chi connectivity index (χ1v) is 9.71. The Balaban J connectivity index is 1.50. The average molecular weight is 432 g/mol. The Morgan fingerprint density at radius 3 is 3.00 bits per heavy atom. The van der Waals surface area contributed by atoms with E-state index in [1.165, 1.54) is 7.11 Å². The molecule has 5 rings (SSSR count).